The number of carbonyl (C=O) groups excluding carboxylic acids is 1. The average Bonchev–Trinajstić information content (AvgIpc) is 2.06. The zero-order valence-electron chi connectivity index (χ0n) is 6.50. The van der Waals surface area contributed by atoms with Gasteiger partial charge in [-0.1, -0.05) is 13.0 Å². The van der Waals surface area contributed by atoms with Gasteiger partial charge in [-0.15, -0.1) is 0 Å². The summed E-state index contributed by atoms with van der Waals surface area (Å²) in [5, 5.41) is 5.77. The minimum absolute atomic E-state index is 0.0348. The summed E-state index contributed by atoms with van der Waals surface area (Å²) < 4.78 is 0. The van der Waals surface area contributed by atoms with Crippen molar-refractivity contribution in [2.24, 2.45) is 0 Å². The first-order valence-corrected chi connectivity index (χ1v) is 3.71. The van der Waals surface area contributed by atoms with Crippen LogP contribution < -0.4 is 10.6 Å². The predicted molar refractivity (Wildman–Crippen MR) is 43.6 cm³/mol. The number of dihydropyridines is 1. The fourth-order valence-corrected chi connectivity index (χ4v) is 0.811. The van der Waals surface area contributed by atoms with E-state index in [4.69, 9.17) is 0 Å². The van der Waals surface area contributed by atoms with E-state index in [1.807, 2.05) is 25.2 Å². The summed E-state index contributed by atoms with van der Waals surface area (Å²) in [6.07, 6.45) is 7.97. The summed E-state index contributed by atoms with van der Waals surface area (Å²) in [5.41, 5.74) is 0. The van der Waals surface area contributed by atoms with Gasteiger partial charge in [0.05, 0.1) is 0 Å². The first-order valence-electron chi connectivity index (χ1n) is 3.71. The van der Waals surface area contributed by atoms with E-state index in [2.05, 4.69) is 10.6 Å². The normalized spacial score (nSPS) is 21.0. The Bertz CT molecular complexity index is 196. The summed E-state index contributed by atoms with van der Waals surface area (Å²) in [5.74, 6) is 0.0578. The lowest BCUT2D eigenvalue weighted by atomic mass is 10.3. The van der Waals surface area contributed by atoms with Crippen LogP contribution in [0.3, 0.4) is 0 Å². The van der Waals surface area contributed by atoms with Crippen molar-refractivity contribution in [1.29, 1.82) is 0 Å². The van der Waals surface area contributed by atoms with E-state index >= 15 is 0 Å². The third-order valence-electron chi connectivity index (χ3n) is 1.42. The van der Waals surface area contributed by atoms with Crippen molar-refractivity contribution in [2.75, 3.05) is 0 Å². The van der Waals surface area contributed by atoms with Crippen molar-refractivity contribution in [3.8, 4) is 0 Å². The lowest BCUT2D eigenvalue weighted by Crippen LogP contribution is -2.42. The van der Waals surface area contributed by atoms with Gasteiger partial charge in [0, 0.05) is 6.42 Å². The highest BCUT2D eigenvalue weighted by atomic mass is 16.1. The van der Waals surface area contributed by atoms with Crippen LogP contribution in [0.4, 0.5) is 0 Å². The van der Waals surface area contributed by atoms with Crippen molar-refractivity contribution < 1.29 is 4.79 Å². The third kappa shape index (κ3) is 2.45. The minimum Gasteiger partial charge on any atom is -0.368 e. The van der Waals surface area contributed by atoms with Crippen molar-refractivity contribution in [3.63, 3.8) is 0 Å². The van der Waals surface area contributed by atoms with Crippen LogP contribution in [-0.4, -0.2) is 12.1 Å². The van der Waals surface area contributed by atoms with E-state index in [0.29, 0.717) is 6.42 Å². The van der Waals surface area contributed by atoms with E-state index in [9.17, 15) is 4.79 Å². The quantitative estimate of drug-likeness (QED) is 0.605. The lowest BCUT2D eigenvalue weighted by molar-refractivity contribution is -0.121. The van der Waals surface area contributed by atoms with Gasteiger partial charge in [0.15, 0.2) is 0 Å². The molecule has 1 heterocycles. The molecule has 0 aliphatic carbocycles. The van der Waals surface area contributed by atoms with Crippen molar-refractivity contribution in [2.45, 2.75) is 19.5 Å². The number of carbonyl (C=O) groups is 1. The lowest BCUT2D eigenvalue weighted by Gasteiger charge is -2.16. The molecule has 1 aliphatic heterocycles. The highest BCUT2D eigenvalue weighted by Crippen LogP contribution is 1.90. The van der Waals surface area contributed by atoms with Crippen molar-refractivity contribution in [1.82, 2.24) is 10.6 Å². The minimum atomic E-state index is -0.0348. The Hall–Kier alpha value is -1.25. The fraction of sp³-hybridized carbons (Fsp3) is 0.375. The van der Waals surface area contributed by atoms with Crippen LogP contribution in [0.5, 0.6) is 0 Å². The molecule has 0 aromatic rings. The van der Waals surface area contributed by atoms with E-state index < -0.39 is 0 Å². The van der Waals surface area contributed by atoms with Crippen LogP contribution in [0.15, 0.2) is 24.4 Å². The first-order chi connectivity index (χ1) is 5.33. The zero-order valence-corrected chi connectivity index (χ0v) is 6.50. The average molecular weight is 152 g/mol. The molecular formula is C8H12N2O. The number of hydrogen-bond acceptors (Lipinski definition) is 2. The highest BCUT2D eigenvalue weighted by molar-refractivity contribution is 5.76. The molecule has 0 radical (unpaired) electrons. The summed E-state index contributed by atoms with van der Waals surface area (Å²) >= 11 is 0. The van der Waals surface area contributed by atoms with Gasteiger partial charge in [-0.3, -0.25) is 4.79 Å². The molecule has 1 aliphatic rings. The Morgan fingerprint density at radius 1 is 1.64 bits per heavy atom. The number of amides is 1. The molecule has 60 valence electrons. The molecule has 1 atom stereocenters. The summed E-state index contributed by atoms with van der Waals surface area (Å²) in [6, 6.07) is 0. The zero-order chi connectivity index (χ0) is 8.10. The highest BCUT2D eigenvalue weighted by Gasteiger charge is 2.05. The predicted octanol–water partition coefficient (Wildman–Crippen LogP) is 0.512. The second kappa shape index (κ2) is 3.81. The molecule has 3 nitrogen and oxygen atoms in total. The molecule has 0 spiro atoms. The second-order valence-corrected chi connectivity index (χ2v) is 2.31. The molecule has 11 heavy (non-hydrogen) atoms. The molecule has 1 rings (SSSR count). The second-order valence-electron chi connectivity index (χ2n) is 2.31. The molecule has 3 heteroatoms. The Balaban J connectivity index is 2.33. The van der Waals surface area contributed by atoms with E-state index in [1.54, 1.807) is 6.20 Å². The molecule has 1 amide bonds. The van der Waals surface area contributed by atoms with Gasteiger partial charge in [-0.25, -0.2) is 0 Å². The Morgan fingerprint density at radius 2 is 2.45 bits per heavy atom. The molecule has 0 aromatic heterocycles. The molecule has 2 N–H and O–H groups in total. The smallest absolute Gasteiger partial charge is 0.221 e. The maximum absolute atomic E-state index is 10.9. The summed E-state index contributed by atoms with van der Waals surface area (Å²) in [7, 11) is 0. The molecule has 0 saturated heterocycles. The van der Waals surface area contributed by atoms with E-state index in [0.717, 1.165) is 0 Å². The van der Waals surface area contributed by atoms with Crippen LogP contribution in [-0.2, 0) is 4.79 Å². The van der Waals surface area contributed by atoms with Gasteiger partial charge in [-0.05, 0) is 18.4 Å². The van der Waals surface area contributed by atoms with E-state index in [-0.39, 0.29) is 12.1 Å². The molecule has 0 saturated carbocycles. The van der Waals surface area contributed by atoms with Crippen molar-refractivity contribution in [3.05, 3.63) is 24.4 Å². The topological polar surface area (TPSA) is 41.1 Å². The maximum atomic E-state index is 10.9. The molecule has 0 fully saturated rings. The van der Waals surface area contributed by atoms with Gasteiger partial charge in [-0.2, -0.15) is 0 Å². The third-order valence-corrected chi connectivity index (χ3v) is 1.42. The fourth-order valence-electron chi connectivity index (χ4n) is 0.811. The van der Waals surface area contributed by atoms with Gasteiger partial charge in [0.2, 0.25) is 5.91 Å². The Morgan fingerprint density at radius 3 is 3.00 bits per heavy atom. The first kappa shape index (κ1) is 7.85. The van der Waals surface area contributed by atoms with Gasteiger partial charge in [0.1, 0.15) is 6.17 Å². The maximum Gasteiger partial charge on any atom is 0.221 e. The molecule has 0 aromatic carbocycles. The molecule has 0 bridgehead atoms. The van der Waals surface area contributed by atoms with E-state index in [1.165, 1.54) is 0 Å². The van der Waals surface area contributed by atoms with Gasteiger partial charge < -0.3 is 10.6 Å². The van der Waals surface area contributed by atoms with Crippen LogP contribution in [0.1, 0.15) is 13.3 Å². The largest absolute Gasteiger partial charge is 0.368 e. The summed E-state index contributed by atoms with van der Waals surface area (Å²) in [4.78, 5) is 10.9. The standard InChI is InChI=1S/C8H12N2O/c1-2-8(11)10-7-5-3-4-6-9-7/h3-7,9H,2H2,1H3,(H,10,11). The van der Waals surface area contributed by atoms with Gasteiger partial charge >= 0.3 is 0 Å². The Kier molecular flexibility index (Phi) is 2.72. The number of allylic oxidation sites excluding steroid dienone is 2. The van der Waals surface area contributed by atoms with Crippen LogP contribution in [0.25, 0.3) is 0 Å². The van der Waals surface area contributed by atoms with Gasteiger partial charge in [0.25, 0.3) is 0 Å². The van der Waals surface area contributed by atoms with Crippen LogP contribution in [0, 0.1) is 0 Å². The number of hydrogen-bond donors (Lipinski definition) is 2. The number of rotatable bonds is 2. The Labute approximate surface area is 66.2 Å². The van der Waals surface area contributed by atoms with Crippen LogP contribution >= 0.6 is 0 Å². The monoisotopic (exact) mass is 152 g/mol. The molecular weight excluding hydrogens is 140 g/mol. The number of nitrogens with one attached hydrogen (secondary N) is 2. The SMILES string of the molecule is CCC(=O)NC1C=CC=CN1. The molecule has 1 unspecified atom stereocenters. The summed E-state index contributed by atoms with van der Waals surface area (Å²) in [6.45, 7) is 1.83. The van der Waals surface area contributed by atoms with Crippen LogP contribution in [0.2, 0.25) is 0 Å². The van der Waals surface area contributed by atoms with Crippen molar-refractivity contribution >= 4 is 5.91 Å².